The summed E-state index contributed by atoms with van der Waals surface area (Å²) in [5.41, 5.74) is 8.15. The largest absolute Gasteiger partial charge is 0.368 e. The summed E-state index contributed by atoms with van der Waals surface area (Å²) in [6, 6.07) is 8.30. The van der Waals surface area contributed by atoms with Crippen LogP contribution in [-0.4, -0.2) is 23.4 Å². The van der Waals surface area contributed by atoms with Gasteiger partial charge in [-0.25, -0.2) is 0 Å². The van der Waals surface area contributed by atoms with E-state index in [1.807, 2.05) is 13.0 Å². The van der Waals surface area contributed by atoms with Crippen LogP contribution in [0.15, 0.2) is 24.3 Å². The summed E-state index contributed by atoms with van der Waals surface area (Å²) >= 11 is 0. The lowest BCUT2D eigenvalue weighted by Gasteiger charge is -2.33. The summed E-state index contributed by atoms with van der Waals surface area (Å²) < 4.78 is 0. The van der Waals surface area contributed by atoms with Crippen molar-refractivity contribution < 1.29 is 4.79 Å². The van der Waals surface area contributed by atoms with Crippen LogP contribution >= 0.6 is 0 Å². The van der Waals surface area contributed by atoms with Gasteiger partial charge in [-0.1, -0.05) is 31.2 Å². The van der Waals surface area contributed by atoms with Crippen LogP contribution in [0.25, 0.3) is 0 Å². The van der Waals surface area contributed by atoms with Crippen LogP contribution in [0.2, 0.25) is 0 Å². The van der Waals surface area contributed by atoms with E-state index in [4.69, 9.17) is 5.73 Å². The van der Waals surface area contributed by atoms with Crippen molar-refractivity contribution in [1.29, 1.82) is 0 Å². The molecule has 1 aliphatic rings. The highest BCUT2D eigenvalue weighted by Gasteiger charge is 2.25. The Labute approximate surface area is 96.2 Å². The Morgan fingerprint density at radius 3 is 2.75 bits per heavy atom. The molecule has 1 atom stereocenters. The highest BCUT2D eigenvalue weighted by molar-refractivity contribution is 5.79. The molecule has 0 fully saturated rings. The fourth-order valence-corrected chi connectivity index (χ4v) is 2.42. The highest BCUT2D eigenvalue weighted by atomic mass is 16.1. The molecule has 0 radical (unpaired) electrons. The number of nitrogens with zero attached hydrogens (tertiary/aromatic N) is 1. The van der Waals surface area contributed by atoms with E-state index in [0.29, 0.717) is 0 Å². The van der Waals surface area contributed by atoms with E-state index < -0.39 is 0 Å². The third-order valence-corrected chi connectivity index (χ3v) is 3.32. The van der Waals surface area contributed by atoms with E-state index in [9.17, 15) is 4.79 Å². The monoisotopic (exact) mass is 218 g/mol. The Morgan fingerprint density at radius 1 is 1.44 bits per heavy atom. The number of amides is 1. The number of benzene rings is 1. The SMILES string of the molecule is CCC(C(N)=O)N1CCc2ccccc2C1. The van der Waals surface area contributed by atoms with Crippen molar-refractivity contribution in [2.45, 2.75) is 32.4 Å². The first-order valence-electron chi connectivity index (χ1n) is 5.82. The predicted octanol–water partition coefficient (Wildman–Crippen LogP) is 1.31. The second-order valence-electron chi connectivity index (χ2n) is 4.32. The molecule has 3 heteroatoms. The molecule has 0 spiro atoms. The lowest BCUT2D eigenvalue weighted by Crippen LogP contribution is -2.46. The molecule has 0 aromatic heterocycles. The molecule has 0 saturated carbocycles. The van der Waals surface area contributed by atoms with Crippen LogP contribution in [-0.2, 0) is 17.8 Å². The van der Waals surface area contributed by atoms with Crippen LogP contribution < -0.4 is 5.73 Å². The second kappa shape index (κ2) is 4.66. The number of hydrogen-bond acceptors (Lipinski definition) is 2. The van der Waals surface area contributed by atoms with Crippen molar-refractivity contribution in [3.63, 3.8) is 0 Å². The average molecular weight is 218 g/mol. The molecule has 16 heavy (non-hydrogen) atoms. The molecule has 3 nitrogen and oxygen atoms in total. The van der Waals surface area contributed by atoms with Gasteiger partial charge < -0.3 is 5.73 Å². The summed E-state index contributed by atoms with van der Waals surface area (Å²) in [4.78, 5) is 13.5. The number of fused-ring (bicyclic) bond motifs is 1. The van der Waals surface area contributed by atoms with Crippen LogP contribution in [0, 0.1) is 0 Å². The second-order valence-corrected chi connectivity index (χ2v) is 4.32. The quantitative estimate of drug-likeness (QED) is 0.831. The Balaban J connectivity index is 2.15. The summed E-state index contributed by atoms with van der Waals surface area (Å²) in [5, 5.41) is 0. The maximum absolute atomic E-state index is 11.3. The Bertz CT molecular complexity index is 389. The summed E-state index contributed by atoms with van der Waals surface area (Å²) in [7, 11) is 0. The molecular formula is C13H18N2O. The van der Waals surface area contributed by atoms with E-state index in [1.165, 1.54) is 11.1 Å². The molecular weight excluding hydrogens is 200 g/mol. The van der Waals surface area contributed by atoms with Gasteiger partial charge in [-0.05, 0) is 24.0 Å². The van der Waals surface area contributed by atoms with Gasteiger partial charge in [-0.3, -0.25) is 9.69 Å². The van der Waals surface area contributed by atoms with Crippen molar-refractivity contribution in [2.75, 3.05) is 6.54 Å². The topological polar surface area (TPSA) is 46.3 Å². The highest BCUT2D eigenvalue weighted by Crippen LogP contribution is 2.20. The van der Waals surface area contributed by atoms with Gasteiger partial charge in [0.15, 0.2) is 0 Å². The standard InChI is InChI=1S/C13H18N2O/c1-2-12(13(14)16)15-8-7-10-5-3-4-6-11(10)9-15/h3-6,12H,2,7-9H2,1H3,(H2,14,16). The molecule has 1 aromatic carbocycles. The first-order valence-corrected chi connectivity index (χ1v) is 5.82. The van der Waals surface area contributed by atoms with Gasteiger partial charge in [-0.15, -0.1) is 0 Å². The van der Waals surface area contributed by atoms with Crippen LogP contribution in [0.1, 0.15) is 24.5 Å². The minimum Gasteiger partial charge on any atom is -0.368 e. The molecule has 0 saturated heterocycles. The van der Waals surface area contributed by atoms with Gasteiger partial charge in [0, 0.05) is 13.1 Å². The summed E-state index contributed by atoms with van der Waals surface area (Å²) in [5.74, 6) is -0.207. The zero-order valence-corrected chi connectivity index (χ0v) is 9.65. The minimum absolute atomic E-state index is 0.117. The predicted molar refractivity (Wildman–Crippen MR) is 63.8 cm³/mol. The molecule has 1 aliphatic heterocycles. The molecule has 1 unspecified atom stereocenters. The normalized spacial score (nSPS) is 17.8. The first-order chi connectivity index (χ1) is 7.72. The summed E-state index contributed by atoms with van der Waals surface area (Å²) in [6.07, 6.45) is 1.80. The van der Waals surface area contributed by atoms with E-state index >= 15 is 0 Å². The van der Waals surface area contributed by atoms with E-state index in [1.54, 1.807) is 0 Å². The van der Waals surface area contributed by atoms with Crippen molar-refractivity contribution >= 4 is 5.91 Å². The van der Waals surface area contributed by atoms with Gasteiger partial charge >= 0.3 is 0 Å². The molecule has 2 rings (SSSR count). The Kier molecular flexibility index (Phi) is 3.25. The first kappa shape index (κ1) is 11.1. The van der Waals surface area contributed by atoms with Crippen molar-refractivity contribution in [3.05, 3.63) is 35.4 Å². The van der Waals surface area contributed by atoms with E-state index in [2.05, 4.69) is 23.1 Å². The van der Waals surface area contributed by atoms with Crippen LogP contribution in [0.5, 0.6) is 0 Å². The van der Waals surface area contributed by atoms with Gasteiger partial charge in [0.25, 0.3) is 0 Å². The van der Waals surface area contributed by atoms with Crippen LogP contribution in [0.4, 0.5) is 0 Å². The maximum Gasteiger partial charge on any atom is 0.234 e. The number of nitrogens with two attached hydrogens (primary N) is 1. The van der Waals surface area contributed by atoms with Crippen molar-refractivity contribution in [3.8, 4) is 0 Å². The Hall–Kier alpha value is -1.35. The van der Waals surface area contributed by atoms with Gasteiger partial charge in [0.2, 0.25) is 5.91 Å². The fourth-order valence-electron chi connectivity index (χ4n) is 2.42. The minimum atomic E-state index is -0.207. The maximum atomic E-state index is 11.3. The molecule has 2 N–H and O–H groups in total. The van der Waals surface area contributed by atoms with Crippen LogP contribution in [0.3, 0.4) is 0 Å². The molecule has 1 amide bonds. The zero-order chi connectivity index (χ0) is 11.5. The van der Waals surface area contributed by atoms with Crippen molar-refractivity contribution in [1.82, 2.24) is 4.90 Å². The third-order valence-electron chi connectivity index (χ3n) is 3.32. The Morgan fingerprint density at radius 2 is 2.12 bits per heavy atom. The molecule has 86 valence electrons. The number of carbonyl (C=O) groups excluding carboxylic acids is 1. The fraction of sp³-hybridized carbons (Fsp3) is 0.462. The number of rotatable bonds is 3. The van der Waals surface area contributed by atoms with Gasteiger partial charge in [-0.2, -0.15) is 0 Å². The summed E-state index contributed by atoms with van der Waals surface area (Å²) in [6.45, 7) is 3.78. The number of hydrogen-bond donors (Lipinski definition) is 1. The molecule has 1 aromatic rings. The van der Waals surface area contributed by atoms with E-state index in [0.717, 1.165) is 25.9 Å². The number of primary amides is 1. The number of carbonyl (C=O) groups is 1. The molecule has 0 bridgehead atoms. The molecule has 0 aliphatic carbocycles. The lowest BCUT2D eigenvalue weighted by molar-refractivity contribution is -0.123. The molecule has 1 heterocycles. The smallest absolute Gasteiger partial charge is 0.234 e. The van der Waals surface area contributed by atoms with Crippen molar-refractivity contribution in [2.24, 2.45) is 5.73 Å². The third kappa shape index (κ3) is 2.09. The zero-order valence-electron chi connectivity index (χ0n) is 9.65. The average Bonchev–Trinajstić information content (AvgIpc) is 2.29. The lowest BCUT2D eigenvalue weighted by atomic mass is 9.98. The van der Waals surface area contributed by atoms with E-state index in [-0.39, 0.29) is 11.9 Å². The van der Waals surface area contributed by atoms with Gasteiger partial charge in [0.05, 0.1) is 6.04 Å². The van der Waals surface area contributed by atoms with Gasteiger partial charge in [0.1, 0.15) is 0 Å².